The van der Waals surface area contributed by atoms with E-state index in [2.05, 4.69) is 5.32 Å². The van der Waals surface area contributed by atoms with Crippen LogP contribution in [0.5, 0.6) is 5.75 Å². The standard InChI is InChI=1S/C15H21FN2O2.ClH/c1-15(2,3)18-14(19)12-4-6-13(7-5-12)20-10-11(8-16)9-17;/h4-8H,9-10,17H2,1-3H3,(H,18,19);1H/b11-8+;/i10D;. The van der Waals surface area contributed by atoms with Gasteiger partial charge in [-0.25, -0.2) is 4.39 Å². The molecule has 1 amide bonds. The Balaban J connectivity index is 0.00000441. The summed E-state index contributed by atoms with van der Waals surface area (Å²) in [6, 6.07) is 6.30. The van der Waals surface area contributed by atoms with E-state index in [9.17, 15) is 9.18 Å². The summed E-state index contributed by atoms with van der Waals surface area (Å²) in [5, 5.41) is 2.84. The molecule has 0 aromatic heterocycles. The van der Waals surface area contributed by atoms with Crippen LogP contribution in [-0.4, -0.2) is 24.6 Å². The van der Waals surface area contributed by atoms with Crippen LogP contribution < -0.4 is 15.8 Å². The number of benzene rings is 1. The number of ether oxygens (including phenoxy) is 1. The maximum Gasteiger partial charge on any atom is 0.251 e. The second-order valence-corrected chi connectivity index (χ2v) is 5.35. The molecular formula is C15H22ClFN2O2. The Morgan fingerprint density at radius 2 is 2.00 bits per heavy atom. The number of rotatable bonds is 5. The number of hydrogen-bond acceptors (Lipinski definition) is 3. The maximum atomic E-state index is 12.4. The fourth-order valence-corrected chi connectivity index (χ4v) is 1.36. The van der Waals surface area contributed by atoms with E-state index in [1.165, 1.54) is 0 Å². The smallest absolute Gasteiger partial charge is 0.251 e. The van der Waals surface area contributed by atoms with Gasteiger partial charge >= 0.3 is 0 Å². The molecular weight excluding hydrogens is 295 g/mol. The molecule has 4 nitrogen and oxygen atoms in total. The molecule has 0 heterocycles. The summed E-state index contributed by atoms with van der Waals surface area (Å²) in [4.78, 5) is 11.9. The fourth-order valence-electron chi connectivity index (χ4n) is 1.36. The van der Waals surface area contributed by atoms with E-state index < -0.39 is 6.58 Å². The van der Waals surface area contributed by atoms with Crippen molar-refractivity contribution in [3.63, 3.8) is 0 Å². The van der Waals surface area contributed by atoms with Crippen LogP contribution >= 0.6 is 12.4 Å². The quantitative estimate of drug-likeness (QED) is 0.877. The van der Waals surface area contributed by atoms with Gasteiger partial charge in [0.25, 0.3) is 5.91 Å². The maximum absolute atomic E-state index is 12.4. The van der Waals surface area contributed by atoms with Gasteiger partial charge in [-0.2, -0.15) is 0 Å². The Morgan fingerprint density at radius 3 is 2.43 bits per heavy atom. The predicted octanol–water partition coefficient (Wildman–Crippen LogP) is 2.83. The van der Waals surface area contributed by atoms with E-state index in [1.54, 1.807) is 24.3 Å². The zero-order valence-corrected chi connectivity index (χ0v) is 13.2. The Labute approximate surface area is 132 Å². The molecule has 0 radical (unpaired) electrons. The topological polar surface area (TPSA) is 64.3 Å². The minimum absolute atomic E-state index is 0. The van der Waals surface area contributed by atoms with Crippen molar-refractivity contribution in [2.75, 3.05) is 13.1 Å². The number of nitrogens with one attached hydrogen (secondary N) is 1. The van der Waals surface area contributed by atoms with Gasteiger partial charge in [-0.05, 0) is 45.0 Å². The number of nitrogens with two attached hydrogens (primary N) is 1. The summed E-state index contributed by atoms with van der Waals surface area (Å²) in [6.45, 7) is 4.39. The molecule has 3 N–H and O–H groups in total. The van der Waals surface area contributed by atoms with E-state index in [0.717, 1.165) is 0 Å². The highest BCUT2D eigenvalue weighted by Crippen LogP contribution is 2.14. The number of carbonyl (C=O) groups is 1. The van der Waals surface area contributed by atoms with Gasteiger partial charge in [0, 0.05) is 23.2 Å². The summed E-state index contributed by atoms with van der Waals surface area (Å²) in [5.41, 5.74) is 5.51. The molecule has 6 heteroatoms. The molecule has 0 fully saturated rings. The lowest BCUT2D eigenvalue weighted by molar-refractivity contribution is 0.0919. The number of amides is 1. The molecule has 0 aliphatic rings. The minimum Gasteiger partial charge on any atom is -0.489 e. The average molecular weight is 318 g/mol. The molecule has 118 valence electrons. The monoisotopic (exact) mass is 317 g/mol. The van der Waals surface area contributed by atoms with Gasteiger partial charge < -0.3 is 15.8 Å². The van der Waals surface area contributed by atoms with Crippen molar-refractivity contribution in [1.82, 2.24) is 5.32 Å². The van der Waals surface area contributed by atoms with Crippen molar-refractivity contribution in [3.8, 4) is 5.75 Å². The van der Waals surface area contributed by atoms with E-state index in [-0.39, 0.29) is 42.3 Å². The van der Waals surface area contributed by atoms with Crippen molar-refractivity contribution in [1.29, 1.82) is 0 Å². The van der Waals surface area contributed by atoms with Crippen molar-refractivity contribution < 1.29 is 15.3 Å². The third-order valence-electron chi connectivity index (χ3n) is 2.33. The molecule has 0 aliphatic heterocycles. The van der Waals surface area contributed by atoms with Crippen LogP contribution in [0.3, 0.4) is 0 Å². The zero-order chi connectivity index (χ0) is 16.0. The van der Waals surface area contributed by atoms with Gasteiger partial charge in [-0.15, -0.1) is 12.4 Å². The van der Waals surface area contributed by atoms with Gasteiger partial charge in [0.15, 0.2) is 0 Å². The summed E-state index contributed by atoms with van der Waals surface area (Å²) >= 11 is 0. The predicted molar refractivity (Wildman–Crippen MR) is 84.6 cm³/mol. The van der Waals surface area contributed by atoms with Crippen LogP contribution in [-0.2, 0) is 0 Å². The summed E-state index contributed by atoms with van der Waals surface area (Å²) in [7, 11) is 0. The van der Waals surface area contributed by atoms with Gasteiger partial charge in [-0.3, -0.25) is 4.79 Å². The largest absolute Gasteiger partial charge is 0.489 e. The van der Waals surface area contributed by atoms with Crippen molar-refractivity contribution in [3.05, 3.63) is 41.7 Å². The molecule has 1 aromatic rings. The van der Waals surface area contributed by atoms with Gasteiger partial charge in [0.2, 0.25) is 0 Å². The molecule has 1 atom stereocenters. The number of hydrogen-bond donors (Lipinski definition) is 2. The van der Waals surface area contributed by atoms with E-state index in [0.29, 0.717) is 11.3 Å². The highest BCUT2D eigenvalue weighted by Gasteiger charge is 2.15. The van der Waals surface area contributed by atoms with Crippen molar-refractivity contribution in [2.24, 2.45) is 5.73 Å². The molecule has 0 saturated carbocycles. The highest BCUT2D eigenvalue weighted by atomic mass is 35.5. The van der Waals surface area contributed by atoms with Crippen LogP contribution in [0.25, 0.3) is 0 Å². The Kier molecular flexibility index (Phi) is 7.19. The molecule has 1 rings (SSSR count). The van der Waals surface area contributed by atoms with Crippen LogP contribution in [0.2, 0.25) is 0 Å². The van der Waals surface area contributed by atoms with E-state index in [1.807, 2.05) is 20.8 Å². The molecule has 0 saturated heterocycles. The third-order valence-corrected chi connectivity index (χ3v) is 2.33. The molecule has 0 aliphatic carbocycles. The Morgan fingerprint density at radius 1 is 1.43 bits per heavy atom. The van der Waals surface area contributed by atoms with Crippen molar-refractivity contribution in [2.45, 2.75) is 26.3 Å². The third kappa shape index (κ3) is 7.11. The number of carbonyl (C=O) groups excluding carboxylic acids is 1. The van der Waals surface area contributed by atoms with E-state index >= 15 is 0 Å². The Hall–Kier alpha value is -1.59. The minimum atomic E-state index is -1.20. The summed E-state index contributed by atoms with van der Waals surface area (Å²) in [5.74, 6) is 0.179. The van der Waals surface area contributed by atoms with Crippen molar-refractivity contribution >= 4 is 18.3 Å². The number of halogens is 2. The lowest BCUT2D eigenvalue weighted by atomic mass is 10.1. The molecule has 0 spiro atoms. The van der Waals surface area contributed by atoms with Gasteiger partial charge in [0.05, 0.1) is 7.70 Å². The van der Waals surface area contributed by atoms with Crippen LogP contribution in [0.1, 0.15) is 32.5 Å². The van der Waals surface area contributed by atoms with Crippen LogP contribution in [0.15, 0.2) is 36.2 Å². The van der Waals surface area contributed by atoms with Crippen LogP contribution in [0.4, 0.5) is 4.39 Å². The van der Waals surface area contributed by atoms with Crippen LogP contribution in [0, 0.1) is 0 Å². The Bertz CT molecular complexity index is 515. The van der Waals surface area contributed by atoms with Gasteiger partial charge in [0.1, 0.15) is 12.3 Å². The second kappa shape index (κ2) is 8.64. The zero-order valence-electron chi connectivity index (χ0n) is 13.4. The first-order valence-electron chi connectivity index (χ1n) is 6.85. The first-order valence-corrected chi connectivity index (χ1v) is 6.27. The lowest BCUT2D eigenvalue weighted by Gasteiger charge is -2.20. The molecule has 1 unspecified atom stereocenters. The van der Waals surface area contributed by atoms with E-state index in [4.69, 9.17) is 11.8 Å². The SMILES string of the molecule is Cl.[2H]C(Oc1ccc(C(=O)NC(C)(C)C)cc1)/C(=C/F)CN. The second-order valence-electron chi connectivity index (χ2n) is 5.35. The normalized spacial score (nSPS) is 13.8. The lowest BCUT2D eigenvalue weighted by Crippen LogP contribution is -2.40. The highest BCUT2D eigenvalue weighted by molar-refractivity contribution is 5.94. The molecule has 21 heavy (non-hydrogen) atoms. The first-order chi connectivity index (χ1) is 9.76. The summed E-state index contributed by atoms with van der Waals surface area (Å²) < 4.78 is 25.3. The molecule has 0 bridgehead atoms. The fraction of sp³-hybridized carbons (Fsp3) is 0.400. The first kappa shape index (κ1) is 17.5. The summed E-state index contributed by atoms with van der Waals surface area (Å²) in [6.07, 6.45) is 0.281. The molecule has 1 aromatic carbocycles. The average Bonchev–Trinajstić information content (AvgIpc) is 2.39. The van der Waals surface area contributed by atoms with Gasteiger partial charge in [-0.1, -0.05) is 0 Å².